The first-order valence-electron chi connectivity index (χ1n) is 9.25. The third-order valence-electron chi connectivity index (χ3n) is 4.20. The molecular weight excluding hydrogens is 384 g/mol. The van der Waals surface area contributed by atoms with E-state index in [2.05, 4.69) is 31.1 Å². The number of amides is 1. The molecule has 0 fully saturated rings. The molecule has 9 heteroatoms. The number of carbonyl (C=O) groups excluding carboxylic acids is 1. The molecular formula is C21H18N6O3. The Morgan fingerprint density at radius 3 is 2.60 bits per heavy atom. The van der Waals surface area contributed by atoms with E-state index in [1.807, 2.05) is 18.2 Å². The predicted molar refractivity (Wildman–Crippen MR) is 113 cm³/mol. The van der Waals surface area contributed by atoms with Crippen molar-refractivity contribution in [1.29, 1.82) is 0 Å². The van der Waals surface area contributed by atoms with Crippen LogP contribution in [0.1, 0.15) is 10.4 Å². The van der Waals surface area contributed by atoms with Crippen LogP contribution in [0, 0.1) is 0 Å². The Balaban J connectivity index is 1.28. The van der Waals surface area contributed by atoms with Gasteiger partial charge in [-0.1, -0.05) is 18.2 Å². The van der Waals surface area contributed by atoms with Gasteiger partial charge in [0.1, 0.15) is 17.0 Å². The number of carbonyl (C=O) groups is 1. The van der Waals surface area contributed by atoms with Crippen LogP contribution < -0.4 is 21.6 Å². The van der Waals surface area contributed by atoms with Gasteiger partial charge in [0.05, 0.1) is 11.9 Å². The van der Waals surface area contributed by atoms with Crippen molar-refractivity contribution in [2.24, 2.45) is 0 Å². The summed E-state index contributed by atoms with van der Waals surface area (Å²) in [6.45, 7) is 0.706. The van der Waals surface area contributed by atoms with Crippen LogP contribution >= 0.6 is 0 Å². The Bertz CT molecular complexity index is 1210. The van der Waals surface area contributed by atoms with E-state index in [1.165, 1.54) is 6.07 Å². The quantitative estimate of drug-likeness (QED) is 0.318. The summed E-state index contributed by atoms with van der Waals surface area (Å²) in [5.41, 5.74) is 0.565. The molecule has 3 aromatic heterocycles. The van der Waals surface area contributed by atoms with Crippen molar-refractivity contribution in [2.45, 2.75) is 0 Å². The SMILES string of the molecule is O=C(NCCNc1ccc(Nc2cccnc2)nn1)c1cc2ccccc2oc1=O. The molecule has 3 heterocycles. The largest absolute Gasteiger partial charge is 0.422 e. The Labute approximate surface area is 171 Å². The number of nitrogens with one attached hydrogen (secondary N) is 3. The number of nitrogens with zero attached hydrogens (tertiary/aromatic N) is 3. The first-order valence-corrected chi connectivity index (χ1v) is 9.25. The molecule has 150 valence electrons. The summed E-state index contributed by atoms with van der Waals surface area (Å²) in [7, 11) is 0. The summed E-state index contributed by atoms with van der Waals surface area (Å²) in [5.74, 6) is 0.662. The highest BCUT2D eigenvalue weighted by atomic mass is 16.4. The van der Waals surface area contributed by atoms with Gasteiger partial charge in [-0.2, -0.15) is 0 Å². The van der Waals surface area contributed by atoms with Crippen LogP contribution in [0.3, 0.4) is 0 Å². The van der Waals surface area contributed by atoms with E-state index in [-0.39, 0.29) is 5.56 Å². The predicted octanol–water partition coefficient (Wildman–Crippen LogP) is 2.56. The molecule has 0 atom stereocenters. The summed E-state index contributed by atoms with van der Waals surface area (Å²) in [6.07, 6.45) is 3.38. The normalized spacial score (nSPS) is 10.5. The Hall–Kier alpha value is -4.27. The third-order valence-corrected chi connectivity index (χ3v) is 4.20. The molecule has 30 heavy (non-hydrogen) atoms. The minimum absolute atomic E-state index is 0.0284. The van der Waals surface area contributed by atoms with E-state index in [0.717, 1.165) is 5.69 Å². The number of rotatable bonds is 7. The Kier molecular flexibility index (Phi) is 5.61. The van der Waals surface area contributed by atoms with Crippen molar-refractivity contribution < 1.29 is 9.21 Å². The highest BCUT2D eigenvalue weighted by Crippen LogP contribution is 2.13. The minimum Gasteiger partial charge on any atom is -0.422 e. The van der Waals surface area contributed by atoms with Crippen LogP contribution in [0.15, 0.2) is 76.2 Å². The van der Waals surface area contributed by atoms with Gasteiger partial charge in [0.25, 0.3) is 5.91 Å². The van der Waals surface area contributed by atoms with Crippen molar-refractivity contribution in [3.63, 3.8) is 0 Å². The maximum Gasteiger partial charge on any atom is 0.349 e. The van der Waals surface area contributed by atoms with Crippen molar-refractivity contribution in [1.82, 2.24) is 20.5 Å². The molecule has 0 radical (unpaired) electrons. The van der Waals surface area contributed by atoms with Crippen LogP contribution in [-0.4, -0.2) is 34.2 Å². The number of fused-ring (bicyclic) bond motifs is 1. The van der Waals surface area contributed by atoms with Crippen LogP contribution in [0.25, 0.3) is 11.0 Å². The number of aromatic nitrogens is 3. The second kappa shape index (κ2) is 8.82. The van der Waals surface area contributed by atoms with E-state index < -0.39 is 11.5 Å². The molecule has 4 rings (SSSR count). The second-order valence-electron chi connectivity index (χ2n) is 6.34. The van der Waals surface area contributed by atoms with Gasteiger partial charge in [-0.25, -0.2) is 4.79 Å². The molecule has 4 aromatic rings. The van der Waals surface area contributed by atoms with Crippen LogP contribution in [0.4, 0.5) is 17.3 Å². The first kappa shape index (κ1) is 19.1. The molecule has 3 N–H and O–H groups in total. The fourth-order valence-corrected chi connectivity index (χ4v) is 2.76. The summed E-state index contributed by atoms with van der Waals surface area (Å²) in [6, 6.07) is 15.8. The first-order chi connectivity index (χ1) is 14.7. The van der Waals surface area contributed by atoms with Crippen molar-refractivity contribution >= 4 is 34.2 Å². The summed E-state index contributed by atoms with van der Waals surface area (Å²) in [4.78, 5) is 28.3. The van der Waals surface area contributed by atoms with Gasteiger partial charge < -0.3 is 20.4 Å². The van der Waals surface area contributed by atoms with Gasteiger partial charge in [-0.05, 0) is 36.4 Å². The van der Waals surface area contributed by atoms with Crippen LogP contribution in [0.2, 0.25) is 0 Å². The molecule has 0 aliphatic heterocycles. The van der Waals surface area contributed by atoms with E-state index >= 15 is 0 Å². The molecule has 0 aliphatic carbocycles. The zero-order valence-corrected chi connectivity index (χ0v) is 15.8. The van der Waals surface area contributed by atoms with Crippen molar-refractivity contribution in [3.8, 4) is 0 Å². The monoisotopic (exact) mass is 402 g/mol. The molecule has 9 nitrogen and oxygen atoms in total. The van der Waals surface area contributed by atoms with Crippen molar-refractivity contribution in [2.75, 3.05) is 23.7 Å². The fraction of sp³-hybridized carbons (Fsp3) is 0.0952. The zero-order valence-electron chi connectivity index (χ0n) is 15.8. The van der Waals surface area contributed by atoms with Crippen molar-refractivity contribution in [3.05, 3.63) is 83.0 Å². The standard InChI is InChI=1S/C21H18N6O3/c28-20(16-12-14-4-1-2-6-17(14)30-21(16)29)24-11-10-23-18-7-8-19(27-26-18)25-15-5-3-9-22-13-15/h1-9,12-13H,10-11H2,(H,23,26)(H,24,28)(H,25,27). The fourth-order valence-electron chi connectivity index (χ4n) is 2.76. The molecule has 0 spiro atoms. The van der Waals surface area contributed by atoms with E-state index in [9.17, 15) is 9.59 Å². The number of para-hydroxylation sites is 1. The molecule has 0 aliphatic rings. The summed E-state index contributed by atoms with van der Waals surface area (Å²) >= 11 is 0. The average Bonchev–Trinajstić information content (AvgIpc) is 2.78. The van der Waals surface area contributed by atoms with Gasteiger partial charge in [0.15, 0.2) is 5.82 Å². The number of benzene rings is 1. The number of pyridine rings is 1. The topological polar surface area (TPSA) is 122 Å². The van der Waals surface area contributed by atoms with Gasteiger partial charge >= 0.3 is 5.63 Å². The van der Waals surface area contributed by atoms with Gasteiger partial charge in [0, 0.05) is 24.7 Å². The third kappa shape index (κ3) is 4.58. The lowest BCUT2D eigenvalue weighted by Gasteiger charge is -2.08. The lowest BCUT2D eigenvalue weighted by Crippen LogP contribution is -2.32. The zero-order chi connectivity index (χ0) is 20.8. The molecule has 1 amide bonds. The Morgan fingerprint density at radius 1 is 0.967 bits per heavy atom. The summed E-state index contributed by atoms with van der Waals surface area (Å²) in [5, 5.41) is 17.7. The number of hydrogen-bond acceptors (Lipinski definition) is 8. The molecule has 0 saturated heterocycles. The lowest BCUT2D eigenvalue weighted by molar-refractivity contribution is 0.0951. The van der Waals surface area contributed by atoms with E-state index in [4.69, 9.17) is 4.42 Å². The average molecular weight is 402 g/mol. The maximum absolute atomic E-state index is 12.3. The molecule has 1 aromatic carbocycles. The second-order valence-corrected chi connectivity index (χ2v) is 6.34. The van der Waals surface area contributed by atoms with E-state index in [1.54, 1.807) is 42.7 Å². The minimum atomic E-state index is -0.665. The molecule has 0 unspecified atom stereocenters. The van der Waals surface area contributed by atoms with E-state index in [0.29, 0.717) is 35.7 Å². The molecule has 0 bridgehead atoms. The highest BCUT2D eigenvalue weighted by molar-refractivity contribution is 5.96. The number of anilines is 3. The Morgan fingerprint density at radius 2 is 1.80 bits per heavy atom. The maximum atomic E-state index is 12.3. The smallest absolute Gasteiger partial charge is 0.349 e. The van der Waals surface area contributed by atoms with Crippen LogP contribution in [0.5, 0.6) is 0 Å². The number of hydrogen-bond donors (Lipinski definition) is 3. The van der Waals surface area contributed by atoms with Gasteiger partial charge in [0.2, 0.25) is 0 Å². The highest BCUT2D eigenvalue weighted by Gasteiger charge is 2.13. The van der Waals surface area contributed by atoms with Gasteiger partial charge in [-0.3, -0.25) is 9.78 Å². The molecule has 0 saturated carbocycles. The van der Waals surface area contributed by atoms with Gasteiger partial charge in [-0.15, -0.1) is 10.2 Å². The lowest BCUT2D eigenvalue weighted by atomic mass is 10.2. The summed E-state index contributed by atoms with van der Waals surface area (Å²) < 4.78 is 5.18. The van der Waals surface area contributed by atoms with Crippen LogP contribution in [-0.2, 0) is 0 Å².